The Morgan fingerprint density at radius 3 is 2.47 bits per heavy atom. The third kappa shape index (κ3) is 6.91. The Balaban J connectivity index is 1.76. The minimum Gasteiger partial charge on any atom is -0.315 e. The van der Waals surface area contributed by atoms with Crippen LogP contribution in [0.4, 0.5) is 0 Å². The van der Waals surface area contributed by atoms with Gasteiger partial charge in [-0.05, 0) is 44.8 Å². The zero-order chi connectivity index (χ0) is 10.9. The molecule has 15 heavy (non-hydrogen) atoms. The predicted octanol–water partition coefficient (Wildman–Crippen LogP) is 2.50. The molecule has 0 radical (unpaired) electrons. The van der Waals surface area contributed by atoms with Gasteiger partial charge in [-0.25, -0.2) is 0 Å². The van der Waals surface area contributed by atoms with Crippen LogP contribution < -0.4 is 5.32 Å². The summed E-state index contributed by atoms with van der Waals surface area (Å²) in [6.45, 7) is 10.9. The van der Waals surface area contributed by atoms with Crippen molar-refractivity contribution < 1.29 is 0 Å². The molecule has 0 aromatic rings. The van der Waals surface area contributed by atoms with E-state index in [1.54, 1.807) is 0 Å². The molecule has 0 spiro atoms. The predicted molar refractivity (Wildman–Crippen MR) is 67.2 cm³/mol. The first-order chi connectivity index (χ1) is 7.29. The summed E-state index contributed by atoms with van der Waals surface area (Å²) in [5.41, 5.74) is 0. The Hall–Kier alpha value is -0.0800. The normalized spacial score (nSPS) is 17.8. The van der Waals surface area contributed by atoms with E-state index in [0.717, 1.165) is 5.92 Å². The van der Waals surface area contributed by atoms with Gasteiger partial charge in [-0.15, -0.1) is 0 Å². The Bertz CT molecular complexity index is 139. The standard InChI is InChI=1S/C13H28N2/c1-13(2)7-3-4-8-14-9-12-15-10-5-6-11-15/h13-14H,3-12H2,1-2H3. The maximum absolute atomic E-state index is 3.54. The molecule has 90 valence electrons. The smallest absolute Gasteiger partial charge is 0.0107 e. The Morgan fingerprint density at radius 1 is 1.07 bits per heavy atom. The molecule has 1 saturated heterocycles. The third-order valence-electron chi connectivity index (χ3n) is 3.19. The number of nitrogens with one attached hydrogen (secondary N) is 1. The van der Waals surface area contributed by atoms with Crippen LogP contribution in [0.25, 0.3) is 0 Å². The highest BCUT2D eigenvalue weighted by atomic mass is 15.1. The van der Waals surface area contributed by atoms with E-state index in [2.05, 4.69) is 24.1 Å². The first-order valence-electron chi connectivity index (χ1n) is 6.72. The van der Waals surface area contributed by atoms with Crippen molar-refractivity contribution in [2.24, 2.45) is 5.92 Å². The van der Waals surface area contributed by atoms with Crippen molar-refractivity contribution in [1.82, 2.24) is 10.2 Å². The van der Waals surface area contributed by atoms with Crippen molar-refractivity contribution in [2.45, 2.75) is 46.0 Å². The number of unbranched alkanes of at least 4 members (excludes halogenated alkanes) is 1. The largest absolute Gasteiger partial charge is 0.315 e. The summed E-state index contributed by atoms with van der Waals surface area (Å²) in [6.07, 6.45) is 6.93. The van der Waals surface area contributed by atoms with Crippen molar-refractivity contribution in [2.75, 3.05) is 32.7 Å². The first kappa shape index (κ1) is 13.0. The molecule has 0 amide bonds. The summed E-state index contributed by atoms with van der Waals surface area (Å²) >= 11 is 0. The van der Waals surface area contributed by atoms with Crippen molar-refractivity contribution in [3.05, 3.63) is 0 Å². The van der Waals surface area contributed by atoms with Crippen molar-refractivity contribution >= 4 is 0 Å². The van der Waals surface area contributed by atoms with Gasteiger partial charge < -0.3 is 10.2 Å². The van der Waals surface area contributed by atoms with Crippen LogP contribution in [-0.2, 0) is 0 Å². The monoisotopic (exact) mass is 212 g/mol. The van der Waals surface area contributed by atoms with Gasteiger partial charge in [0.1, 0.15) is 0 Å². The number of hydrogen-bond donors (Lipinski definition) is 1. The van der Waals surface area contributed by atoms with Crippen molar-refractivity contribution in [3.63, 3.8) is 0 Å². The molecule has 0 unspecified atom stereocenters. The van der Waals surface area contributed by atoms with E-state index >= 15 is 0 Å². The van der Waals surface area contributed by atoms with Crippen LogP contribution >= 0.6 is 0 Å². The van der Waals surface area contributed by atoms with E-state index in [1.165, 1.54) is 64.8 Å². The summed E-state index contributed by atoms with van der Waals surface area (Å²) in [5, 5.41) is 3.54. The van der Waals surface area contributed by atoms with Crippen LogP contribution in [-0.4, -0.2) is 37.6 Å². The number of nitrogens with zero attached hydrogens (tertiary/aromatic N) is 1. The van der Waals surface area contributed by atoms with Gasteiger partial charge in [0.2, 0.25) is 0 Å². The lowest BCUT2D eigenvalue weighted by atomic mass is 10.1. The van der Waals surface area contributed by atoms with Gasteiger partial charge in [0.25, 0.3) is 0 Å². The first-order valence-corrected chi connectivity index (χ1v) is 6.72. The average molecular weight is 212 g/mol. The summed E-state index contributed by atoms with van der Waals surface area (Å²) in [5.74, 6) is 0.870. The molecule has 2 nitrogen and oxygen atoms in total. The number of hydrogen-bond acceptors (Lipinski definition) is 2. The molecule has 0 saturated carbocycles. The van der Waals surface area contributed by atoms with Gasteiger partial charge in [-0.2, -0.15) is 0 Å². The maximum Gasteiger partial charge on any atom is 0.0107 e. The molecular weight excluding hydrogens is 184 g/mol. The highest BCUT2D eigenvalue weighted by Gasteiger charge is 2.09. The Kier molecular flexibility index (Phi) is 7.03. The topological polar surface area (TPSA) is 15.3 Å². The fourth-order valence-corrected chi connectivity index (χ4v) is 2.17. The molecule has 0 aliphatic carbocycles. The van der Waals surface area contributed by atoms with E-state index < -0.39 is 0 Å². The molecule has 2 heteroatoms. The lowest BCUT2D eigenvalue weighted by molar-refractivity contribution is 0.335. The van der Waals surface area contributed by atoms with Gasteiger partial charge in [0.05, 0.1) is 0 Å². The van der Waals surface area contributed by atoms with Crippen LogP contribution in [0.3, 0.4) is 0 Å². The minimum atomic E-state index is 0.870. The minimum absolute atomic E-state index is 0.870. The van der Waals surface area contributed by atoms with Crippen LogP contribution in [0.2, 0.25) is 0 Å². The van der Waals surface area contributed by atoms with E-state index in [-0.39, 0.29) is 0 Å². The fourth-order valence-electron chi connectivity index (χ4n) is 2.17. The number of rotatable bonds is 8. The van der Waals surface area contributed by atoms with Crippen LogP contribution in [0.5, 0.6) is 0 Å². The van der Waals surface area contributed by atoms with E-state index in [1.807, 2.05) is 0 Å². The maximum atomic E-state index is 3.54. The Morgan fingerprint density at radius 2 is 1.80 bits per heavy atom. The van der Waals surface area contributed by atoms with E-state index in [4.69, 9.17) is 0 Å². The third-order valence-corrected chi connectivity index (χ3v) is 3.19. The van der Waals surface area contributed by atoms with Gasteiger partial charge in [0.15, 0.2) is 0 Å². The lowest BCUT2D eigenvalue weighted by Gasteiger charge is -2.14. The lowest BCUT2D eigenvalue weighted by Crippen LogP contribution is -2.30. The molecule has 1 aliphatic heterocycles. The molecule has 1 aliphatic rings. The van der Waals surface area contributed by atoms with Crippen LogP contribution in [0.15, 0.2) is 0 Å². The second-order valence-corrected chi connectivity index (χ2v) is 5.19. The molecule has 0 bridgehead atoms. The molecule has 0 atom stereocenters. The van der Waals surface area contributed by atoms with Crippen LogP contribution in [0.1, 0.15) is 46.0 Å². The quantitative estimate of drug-likeness (QED) is 0.622. The van der Waals surface area contributed by atoms with E-state index in [0.29, 0.717) is 0 Å². The highest BCUT2D eigenvalue weighted by molar-refractivity contribution is 4.66. The molecular formula is C13H28N2. The van der Waals surface area contributed by atoms with Gasteiger partial charge in [-0.3, -0.25) is 0 Å². The summed E-state index contributed by atoms with van der Waals surface area (Å²) in [4.78, 5) is 2.57. The Labute approximate surface area is 95.4 Å². The molecule has 1 N–H and O–H groups in total. The summed E-state index contributed by atoms with van der Waals surface area (Å²) < 4.78 is 0. The molecule has 1 fully saturated rings. The van der Waals surface area contributed by atoms with Crippen molar-refractivity contribution in [1.29, 1.82) is 0 Å². The average Bonchev–Trinajstić information content (AvgIpc) is 2.68. The molecule has 1 heterocycles. The van der Waals surface area contributed by atoms with Crippen molar-refractivity contribution in [3.8, 4) is 0 Å². The summed E-state index contributed by atoms with van der Waals surface area (Å²) in [6, 6.07) is 0. The second-order valence-electron chi connectivity index (χ2n) is 5.19. The zero-order valence-corrected chi connectivity index (χ0v) is 10.6. The zero-order valence-electron chi connectivity index (χ0n) is 10.6. The molecule has 0 aromatic carbocycles. The molecule has 0 aromatic heterocycles. The second kappa shape index (κ2) is 8.12. The van der Waals surface area contributed by atoms with Gasteiger partial charge >= 0.3 is 0 Å². The SMILES string of the molecule is CC(C)CCCCNCCN1CCCC1. The van der Waals surface area contributed by atoms with Gasteiger partial charge in [-0.1, -0.05) is 26.7 Å². The molecule has 1 rings (SSSR count). The van der Waals surface area contributed by atoms with E-state index in [9.17, 15) is 0 Å². The number of likely N-dealkylation sites (tertiary alicyclic amines) is 1. The highest BCUT2D eigenvalue weighted by Crippen LogP contribution is 2.06. The summed E-state index contributed by atoms with van der Waals surface area (Å²) in [7, 11) is 0. The fraction of sp³-hybridized carbons (Fsp3) is 1.00. The van der Waals surface area contributed by atoms with Gasteiger partial charge in [0, 0.05) is 13.1 Å². The van der Waals surface area contributed by atoms with Crippen LogP contribution in [0, 0.1) is 5.92 Å².